The first kappa shape index (κ1) is 9.94. The lowest BCUT2D eigenvalue weighted by Crippen LogP contribution is -2.43. The molecule has 0 aromatic carbocycles. The van der Waals surface area contributed by atoms with Crippen molar-refractivity contribution in [2.75, 3.05) is 31.1 Å². The number of hydrogen-bond acceptors (Lipinski definition) is 4. The number of anilines is 1. The Labute approximate surface area is 89.5 Å². The molecule has 1 saturated heterocycles. The standard InChI is InChI=1S/C11H14N4/c12-4-3-10-1-2-11(14-9-10)15-7-5-13-6-8-15/h1-2,9,13H,3,5-8H2. The molecule has 1 aliphatic rings. The average Bonchev–Trinajstić information content (AvgIpc) is 2.32. The molecule has 0 atom stereocenters. The van der Waals surface area contributed by atoms with Gasteiger partial charge in [-0.1, -0.05) is 6.07 Å². The van der Waals surface area contributed by atoms with Crippen molar-refractivity contribution in [2.24, 2.45) is 0 Å². The molecule has 0 amide bonds. The second kappa shape index (κ2) is 4.76. The minimum Gasteiger partial charge on any atom is -0.354 e. The Balaban J connectivity index is 2.05. The molecule has 2 heterocycles. The summed E-state index contributed by atoms with van der Waals surface area (Å²) < 4.78 is 0. The van der Waals surface area contributed by atoms with Crippen LogP contribution in [0.4, 0.5) is 5.82 Å². The summed E-state index contributed by atoms with van der Waals surface area (Å²) in [6.45, 7) is 4.04. The van der Waals surface area contributed by atoms with Gasteiger partial charge < -0.3 is 10.2 Å². The molecular weight excluding hydrogens is 188 g/mol. The Hall–Kier alpha value is -1.60. The van der Waals surface area contributed by atoms with Crippen LogP contribution in [0.5, 0.6) is 0 Å². The van der Waals surface area contributed by atoms with E-state index in [-0.39, 0.29) is 0 Å². The van der Waals surface area contributed by atoms with Crippen LogP contribution in [0, 0.1) is 11.3 Å². The Morgan fingerprint density at radius 2 is 2.20 bits per heavy atom. The molecule has 1 fully saturated rings. The van der Waals surface area contributed by atoms with Crippen molar-refractivity contribution < 1.29 is 0 Å². The molecule has 1 aliphatic heterocycles. The predicted molar refractivity (Wildman–Crippen MR) is 58.6 cm³/mol. The van der Waals surface area contributed by atoms with E-state index in [1.54, 1.807) is 6.20 Å². The van der Waals surface area contributed by atoms with E-state index in [4.69, 9.17) is 5.26 Å². The molecule has 4 nitrogen and oxygen atoms in total. The number of rotatable bonds is 2. The van der Waals surface area contributed by atoms with E-state index in [9.17, 15) is 0 Å². The molecule has 0 bridgehead atoms. The second-order valence-corrected chi connectivity index (χ2v) is 3.60. The van der Waals surface area contributed by atoms with Crippen LogP contribution in [0.1, 0.15) is 5.56 Å². The monoisotopic (exact) mass is 202 g/mol. The Kier molecular flexibility index (Phi) is 3.15. The van der Waals surface area contributed by atoms with Crippen LogP contribution in [0.3, 0.4) is 0 Å². The molecule has 1 N–H and O–H groups in total. The van der Waals surface area contributed by atoms with Crippen LogP contribution >= 0.6 is 0 Å². The van der Waals surface area contributed by atoms with E-state index >= 15 is 0 Å². The Morgan fingerprint density at radius 3 is 2.80 bits per heavy atom. The molecular formula is C11H14N4. The van der Waals surface area contributed by atoms with E-state index in [1.165, 1.54) is 0 Å². The minimum absolute atomic E-state index is 0.439. The normalized spacial score (nSPS) is 16.1. The molecule has 4 heteroatoms. The van der Waals surface area contributed by atoms with Crippen LogP contribution in [0.2, 0.25) is 0 Å². The van der Waals surface area contributed by atoms with Gasteiger partial charge in [-0.2, -0.15) is 5.26 Å². The van der Waals surface area contributed by atoms with Crippen LogP contribution in [0.15, 0.2) is 18.3 Å². The summed E-state index contributed by atoms with van der Waals surface area (Å²) in [5.74, 6) is 1.01. The van der Waals surface area contributed by atoms with E-state index in [2.05, 4.69) is 21.3 Å². The average molecular weight is 202 g/mol. The van der Waals surface area contributed by atoms with Crippen molar-refractivity contribution in [3.05, 3.63) is 23.9 Å². The quantitative estimate of drug-likeness (QED) is 0.761. The molecule has 0 saturated carbocycles. The van der Waals surface area contributed by atoms with Crippen LogP contribution in [-0.2, 0) is 6.42 Å². The first-order valence-electron chi connectivity index (χ1n) is 5.18. The summed E-state index contributed by atoms with van der Waals surface area (Å²) in [5.41, 5.74) is 0.983. The van der Waals surface area contributed by atoms with Crippen molar-refractivity contribution in [3.63, 3.8) is 0 Å². The summed E-state index contributed by atoms with van der Waals surface area (Å²) in [7, 11) is 0. The lowest BCUT2D eigenvalue weighted by atomic mass is 10.2. The second-order valence-electron chi connectivity index (χ2n) is 3.60. The summed E-state index contributed by atoms with van der Waals surface area (Å²) >= 11 is 0. The number of pyridine rings is 1. The number of piperazine rings is 1. The fourth-order valence-corrected chi connectivity index (χ4v) is 1.69. The molecule has 0 aliphatic carbocycles. The first-order valence-corrected chi connectivity index (χ1v) is 5.18. The maximum Gasteiger partial charge on any atom is 0.128 e. The topological polar surface area (TPSA) is 52.0 Å². The third-order valence-corrected chi connectivity index (χ3v) is 2.53. The summed E-state index contributed by atoms with van der Waals surface area (Å²) in [6, 6.07) is 6.10. The third-order valence-electron chi connectivity index (χ3n) is 2.53. The lowest BCUT2D eigenvalue weighted by Gasteiger charge is -2.28. The van der Waals surface area contributed by atoms with Crippen LogP contribution in [0.25, 0.3) is 0 Å². The summed E-state index contributed by atoms with van der Waals surface area (Å²) in [4.78, 5) is 6.62. The minimum atomic E-state index is 0.439. The molecule has 0 radical (unpaired) electrons. The largest absolute Gasteiger partial charge is 0.354 e. The number of nitriles is 1. The zero-order valence-corrected chi connectivity index (χ0v) is 8.61. The van der Waals surface area contributed by atoms with E-state index in [1.807, 2.05) is 12.1 Å². The maximum atomic E-state index is 8.54. The smallest absolute Gasteiger partial charge is 0.128 e. The number of nitrogens with one attached hydrogen (secondary N) is 1. The van der Waals surface area contributed by atoms with Gasteiger partial charge in [0.25, 0.3) is 0 Å². The van der Waals surface area contributed by atoms with Gasteiger partial charge in [0.05, 0.1) is 12.5 Å². The predicted octanol–water partition coefficient (Wildman–Crippen LogP) is 0.557. The van der Waals surface area contributed by atoms with E-state index in [0.29, 0.717) is 6.42 Å². The molecule has 2 rings (SSSR count). The van der Waals surface area contributed by atoms with Crippen molar-refractivity contribution in [1.29, 1.82) is 5.26 Å². The highest BCUT2D eigenvalue weighted by atomic mass is 15.2. The van der Waals surface area contributed by atoms with E-state index in [0.717, 1.165) is 37.6 Å². The molecule has 1 aromatic rings. The molecule has 0 unspecified atom stereocenters. The first-order chi connectivity index (χ1) is 7.40. The van der Waals surface area contributed by atoms with Crippen molar-refractivity contribution >= 4 is 5.82 Å². The molecule has 0 spiro atoms. The highest BCUT2D eigenvalue weighted by Crippen LogP contribution is 2.11. The lowest BCUT2D eigenvalue weighted by molar-refractivity contribution is 0.585. The third kappa shape index (κ3) is 2.45. The highest BCUT2D eigenvalue weighted by Gasteiger charge is 2.10. The van der Waals surface area contributed by atoms with Crippen LogP contribution < -0.4 is 10.2 Å². The van der Waals surface area contributed by atoms with Crippen LogP contribution in [-0.4, -0.2) is 31.2 Å². The summed E-state index contributed by atoms with van der Waals surface area (Å²) in [6.07, 6.45) is 2.23. The highest BCUT2D eigenvalue weighted by molar-refractivity contribution is 5.40. The van der Waals surface area contributed by atoms with Gasteiger partial charge in [0, 0.05) is 32.4 Å². The maximum absolute atomic E-state index is 8.54. The zero-order chi connectivity index (χ0) is 10.5. The van der Waals surface area contributed by atoms with Gasteiger partial charge in [-0.25, -0.2) is 4.98 Å². The number of hydrogen-bond donors (Lipinski definition) is 1. The summed E-state index contributed by atoms with van der Waals surface area (Å²) in [5, 5.41) is 11.8. The van der Waals surface area contributed by atoms with Crippen molar-refractivity contribution in [1.82, 2.24) is 10.3 Å². The molecule has 1 aromatic heterocycles. The fraction of sp³-hybridized carbons (Fsp3) is 0.455. The van der Waals surface area contributed by atoms with Crippen molar-refractivity contribution in [3.8, 4) is 6.07 Å². The van der Waals surface area contributed by atoms with Gasteiger partial charge in [-0.3, -0.25) is 0 Å². The van der Waals surface area contributed by atoms with Gasteiger partial charge >= 0.3 is 0 Å². The Morgan fingerprint density at radius 1 is 1.40 bits per heavy atom. The van der Waals surface area contributed by atoms with Gasteiger partial charge in [-0.05, 0) is 11.6 Å². The number of nitrogens with zero attached hydrogens (tertiary/aromatic N) is 3. The van der Waals surface area contributed by atoms with Gasteiger partial charge in [0.2, 0.25) is 0 Å². The SMILES string of the molecule is N#CCc1ccc(N2CCNCC2)nc1. The van der Waals surface area contributed by atoms with E-state index < -0.39 is 0 Å². The number of aromatic nitrogens is 1. The Bertz CT molecular complexity index is 346. The van der Waals surface area contributed by atoms with Gasteiger partial charge in [-0.15, -0.1) is 0 Å². The fourth-order valence-electron chi connectivity index (χ4n) is 1.69. The molecule has 15 heavy (non-hydrogen) atoms. The van der Waals surface area contributed by atoms with Crippen molar-refractivity contribution in [2.45, 2.75) is 6.42 Å². The molecule has 78 valence electrons. The van der Waals surface area contributed by atoms with Gasteiger partial charge in [0.1, 0.15) is 5.82 Å². The van der Waals surface area contributed by atoms with Gasteiger partial charge in [0.15, 0.2) is 0 Å². The zero-order valence-electron chi connectivity index (χ0n) is 8.61.